The van der Waals surface area contributed by atoms with Gasteiger partial charge in [-0.2, -0.15) is 0 Å². The summed E-state index contributed by atoms with van der Waals surface area (Å²) >= 11 is 1.72. The average Bonchev–Trinajstić information content (AvgIpc) is 3.53. The molecule has 0 fully saturated rings. The number of phosphoric acid groups is 1. The number of benzene rings is 2. The molecule has 0 saturated carbocycles. The Morgan fingerprint density at radius 1 is 0.867 bits per heavy atom. The van der Waals surface area contributed by atoms with Crippen molar-refractivity contribution in [3.63, 3.8) is 0 Å². The molecule has 1 heterocycles. The van der Waals surface area contributed by atoms with Crippen molar-refractivity contribution < 1.29 is 32.7 Å². The number of nitrogens with zero attached hydrogens (tertiary/aromatic N) is 1. The fourth-order valence-corrected chi connectivity index (χ4v) is 6.47. The normalized spacial score (nSPS) is 14.8. The van der Waals surface area contributed by atoms with Crippen molar-refractivity contribution >= 4 is 19.6 Å². The molecule has 2 unspecified atom stereocenters. The first kappa shape index (κ1) is 37.3. The highest BCUT2D eigenvalue weighted by molar-refractivity contribution is 8.02. The van der Waals surface area contributed by atoms with Gasteiger partial charge in [0.05, 0.1) is 19.1 Å². The quantitative estimate of drug-likeness (QED) is 0.0824. The van der Waals surface area contributed by atoms with E-state index in [1.165, 1.54) is 57.8 Å². The van der Waals surface area contributed by atoms with E-state index in [9.17, 15) is 9.46 Å². The molecule has 8 nitrogen and oxygen atoms in total. The van der Waals surface area contributed by atoms with Gasteiger partial charge in [-0.25, -0.2) is 4.57 Å². The summed E-state index contributed by atoms with van der Waals surface area (Å²) in [5.74, 6) is 2.65. The highest BCUT2D eigenvalue weighted by Crippen LogP contribution is 2.44. The number of rotatable bonds is 25. The molecule has 2 aromatic rings. The van der Waals surface area contributed by atoms with Gasteiger partial charge >= 0.3 is 7.82 Å². The van der Waals surface area contributed by atoms with E-state index >= 15 is 0 Å². The lowest BCUT2D eigenvalue weighted by atomic mass is 10.1. The molecule has 0 aliphatic carbocycles. The third kappa shape index (κ3) is 15.3. The predicted molar refractivity (Wildman–Crippen MR) is 184 cm³/mol. The van der Waals surface area contributed by atoms with Gasteiger partial charge in [-0.15, -0.1) is 11.8 Å². The lowest BCUT2D eigenvalue weighted by Gasteiger charge is -2.21. The van der Waals surface area contributed by atoms with Gasteiger partial charge in [0.15, 0.2) is 0 Å². The molecule has 0 radical (unpaired) electrons. The molecule has 10 heteroatoms. The van der Waals surface area contributed by atoms with Gasteiger partial charge in [-0.1, -0.05) is 89.8 Å². The largest absolute Gasteiger partial charge is 0.527 e. The standard InChI is InChI=1S/C35H54NO7PS/c1-4-6-7-8-9-10-11-12-13-14-23-40-34-19-16-20-35(30(34)3)41-27-33(39-22-5-2)28-42-44(37,38)43-32-18-15-17-31(25-32)26-36-21-24-45-29-36/h15-21,24-25,33H,4-14,22-23,26-29H2,1-3H3,(H,37,38). The number of thioether (sulfide) groups is 1. The number of hydrogen-bond acceptors (Lipinski definition) is 8. The Kier molecular flexibility index (Phi) is 17.9. The lowest BCUT2D eigenvalue weighted by molar-refractivity contribution is -0.0126. The smallest absolute Gasteiger partial charge is 0.493 e. The van der Waals surface area contributed by atoms with Crippen LogP contribution in [0.2, 0.25) is 0 Å². The van der Waals surface area contributed by atoms with Crippen LogP contribution in [0.5, 0.6) is 17.2 Å². The zero-order valence-corrected chi connectivity index (χ0v) is 29.2. The minimum atomic E-state index is -4.39. The fraction of sp³-hybridized carbons (Fsp3) is 0.600. The van der Waals surface area contributed by atoms with Crippen molar-refractivity contribution in [3.8, 4) is 17.2 Å². The maximum atomic E-state index is 12.8. The van der Waals surface area contributed by atoms with Crippen LogP contribution in [0.15, 0.2) is 54.1 Å². The first-order valence-electron chi connectivity index (χ1n) is 16.6. The Bertz CT molecular complexity index is 1180. The summed E-state index contributed by atoms with van der Waals surface area (Å²) in [4.78, 5) is 12.6. The molecule has 1 N–H and O–H groups in total. The summed E-state index contributed by atoms with van der Waals surface area (Å²) in [5.41, 5.74) is 1.89. The van der Waals surface area contributed by atoms with Crippen LogP contribution >= 0.6 is 19.6 Å². The second-order valence-electron chi connectivity index (χ2n) is 11.5. The third-order valence-electron chi connectivity index (χ3n) is 7.51. The van der Waals surface area contributed by atoms with Crippen molar-refractivity contribution in [2.75, 3.05) is 32.3 Å². The van der Waals surface area contributed by atoms with Crippen LogP contribution in [-0.4, -0.2) is 48.2 Å². The molecule has 0 amide bonds. The lowest BCUT2D eigenvalue weighted by Crippen LogP contribution is -2.27. The van der Waals surface area contributed by atoms with E-state index in [0.29, 0.717) is 25.5 Å². The van der Waals surface area contributed by atoms with E-state index in [0.717, 1.165) is 35.6 Å². The summed E-state index contributed by atoms with van der Waals surface area (Å²) in [7, 11) is -4.39. The zero-order valence-electron chi connectivity index (χ0n) is 27.5. The van der Waals surface area contributed by atoms with Gasteiger partial charge in [-0.05, 0) is 55.0 Å². The first-order chi connectivity index (χ1) is 21.9. The zero-order chi connectivity index (χ0) is 32.2. The molecule has 2 aromatic carbocycles. The first-order valence-corrected chi connectivity index (χ1v) is 19.2. The highest BCUT2D eigenvalue weighted by Gasteiger charge is 2.26. The van der Waals surface area contributed by atoms with Crippen LogP contribution in [-0.2, 0) is 20.4 Å². The Morgan fingerprint density at radius 3 is 2.24 bits per heavy atom. The Hall–Kier alpha value is -2.16. The summed E-state index contributed by atoms with van der Waals surface area (Å²) in [6.07, 6.45) is 15.1. The molecule has 0 bridgehead atoms. The Labute approximate surface area is 275 Å². The van der Waals surface area contributed by atoms with Crippen LogP contribution in [0.3, 0.4) is 0 Å². The highest BCUT2D eigenvalue weighted by atomic mass is 32.2. The molecule has 252 valence electrons. The summed E-state index contributed by atoms with van der Waals surface area (Å²) in [6.45, 7) is 8.07. The van der Waals surface area contributed by atoms with E-state index in [1.54, 1.807) is 30.0 Å². The summed E-state index contributed by atoms with van der Waals surface area (Å²) < 4.78 is 41.6. The second kappa shape index (κ2) is 21.6. The monoisotopic (exact) mass is 663 g/mol. The second-order valence-corrected chi connectivity index (χ2v) is 13.8. The van der Waals surface area contributed by atoms with Gasteiger partial charge in [0.2, 0.25) is 0 Å². The molecule has 0 spiro atoms. The van der Waals surface area contributed by atoms with Crippen LogP contribution in [0.1, 0.15) is 95.6 Å². The Morgan fingerprint density at radius 2 is 1.56 bits per heavy atom. The molecule has 0 aromatic heterocycles. The van der Waals surface area contributed by atoms with Crippen molar-refractivity contribution in [2.45, 2.75) is 104 Å². The minimum Gasteiger partial charge on any atom is -0.493 e. The molecule has 1 aliphatic rings. The topological polar surface area (TPSA) is 86.7 Å². The SMILES string of the molecule is CCCCCCCCCCCCOc1cccc(OCC(COP(=O)(O)Oc2cccc(CN3C=CSC3)c2)OCCC)c1C. The summed E-state index contributed by atoms with van der Waals surface area (Å²) in [6, 6.07) is 12.9. The van der Waals surface area contributed by atoms with Gasteiger partial charge < -0.3 is 23.6 Å². The van der Waals surface area contributed by atoms with E-state index < -0.39 is 13.9 Å². The van der Waals surface area contributed by atoms with Crippen LogP contribution in [0.25, 0.3) is 0 Å². The van der Waals surface area contributed by atoms with Crippen molar-refractivity contribution in [1.29, 1.82) is 0 Å². The maximum absolute atomic E-state index is 12.8. The fourth-order valence-electron chi connectivity index (χ4n) is 4.97. The number of hydrogen-bond donors (Lipinski definition) is 1. The molecule has 3 rings (SSSR count). The van der Waals surface area contributed by atoms with E-state index in [-0.39, 0.29) is 19.0 Å². The van der Waals surface area contributed by atoms with Crippen LogP contribution < -0.4 is 14.0 Å². The Balaban J connectivity index is 1.41. The number of ether oxygens (including phenoxy) is 3. The summed E-state index contributed by atoms with van der Waals surface area (Å²) in [5, 5.41) is 2.04. The van der Waals surface area contributed by atoms with E-state index in [4.69, 9.17) is 23.3 Å². The molecule has 2 atom stereocenters. The van der Waals surface area contributed by atoms with Crippen molar-refractivity contribution in [3.05, 3.63) is 65.2 Å². The molecular formula is C35H54NO7PS. The predicted octanol–water partition coefficient (Wildman–Crippen LogP) is 9.64. The van der Waals surface area contributed by atoms with Crippen LogP contribution in [0, 0.1) is 6.92 Å². The number of unbranched alkanes of at least 4 members (excludes halogenated alkanes) is 9. The van der Waals surface area contributed by atoms with Gasteiger partial charge in [-0.3, -0.25) is 9.42 Å². The van der Waals surface area contributed by atoms with Gasteiger partial charge in [0.1, 0.15) is 30.0 Å². The molecule has 1 aliphatic heterocycles. The van der Waals surface area contributed by atoms with Crippen molar-refractivity contribution in [2.24, 2.45) is 0 Å². The van der Waals surface area contributed by atoms with E-state index in [1.807, 2.05) is 49.7 Å². The van der Waals surface area contributed by atoms with Gasteiger partial charge in [0.25, 0.3) is 0 Å². The third-order valence-corrected chi connectivity index (χ3v) is 9.22. The van der Waals surface area contributed by atoms with Crippen LogP contribution in [0.4, 0.5) is 0 Å². The molecule has 0 saturated heterocycles. The number of phosphoric ester groups is 1. The van der Waals surface area contributed by atoms with Crippen molar-refractivity contribution in [1.82, 2.24) is 4.90 Å². The maximum Gasteiger partial charge on any atom is 0.527 e. The minimum absolute atomic E-state index is 0.152. The molecular weight excluding hydrogens is 609 g/mol. The molecule has 45 heavy (non-hydrogen) atoms. The average molecular weight is 664 g/mol. The van der Waals surface area contributed by atoms with E-state index in [2.05, 4.69) is 11.8 Å². The van der Waals surface area contributed by atoms with Gasteiger partial charge in [0, 0.05) is 24.9 Å².